The first kappa shape index (κ1) is 7.21. The topological polar surface area (TPSA) is 43.1 Å². The molecule has 2 rings (SSSR count). The summed E-state index contributed by atoms with van der Waals surface area (Å²) in [6.07, 6.45) is 5.30. The van der Waals surface area contributed by atoms with E-state index in [0.29, 0.717) is 5.92 Å². The lowest BCUT2D eigenvalue weighted by Crippen LogP contribution is -1.86. The molecule has 2 heterocycles. The second-order valence-corrected chi connectivity index (χ2v) is 3.06. The van der Waals surface area contributed by atoms with Crippen LogP contribution in [0.1, 0.15) is 25.5 Å². The first-order valence-corrected chi connectivity index (χ1v) is 3.92. The number of rotatable bonds is 1. The largest absolute Gasteiger partial charge is 0.287 e. The van der Waals surface area contributed by atoms with Crippen LogP contribution < -0.4 is 0 Å². The summed E-state index contributed by atoms with van der Waals surface area (Å²) in [5, 5.41) is 7.51. The lowest BCUT2D eigenvalue weighted by atomic mass is 10.2. The SMILES string of the molecule is CC(C)c1cn2cnncc2n1. The molecule has 0 spiro atoms. The molecule has 0 fully saturated rings. The molecule has 0 unspecified atom stereocenters. The van der Waals surface area contributed by atoms with E-state index in [4.69, 9.17) is 0 Å². The Hall–Kier alpha value is -1.45. The maximum absolute atomic E-state index is 4.37. The fourth-order valence-corrected chi connectivity index (χ4v) is 1.06. The molecule has 4 heteroatoms. The summed E-state index contributed by atoms with van der Waals surface area (Å²) in [5.74, 6) is 0.449. The van der Waals surface area contributed by atoms with E-state index in [1.54, 1.807) is 12.5 Å². The number of aromatic nitrogens is 4. The summed E-state index contributed by atoms with van der Waals surface area (Å²) in [6, 6.07) is 0. The van der Waals surface area contributed by atoms with Crippen LogP contribution in [0.4, 0.5) is 0 Å². The van der Waals surface area contributed by atoms with Crippen LogP contribution in [0.2, 0.25) is 0 Å². The van der Waals surface area contributed by atoms with Gasteiger partial charge in [0.05, 0.1) is 11.9 Å². The Kier molecular flexibility index (Phi) is 1.53. The first-order valence-electron chi connectivity index (χ1n) is 3.92. The molecule has 0 aliphatic rings. The monoisotopic (exact) mass is 162 g/mol. The van der Waals surface area contributed by atoms with E-state index in [1.807, 2.05) is 10.6 Å². The van der Waals surface area contributed by atoms with Crippen molar-refractivity contribution >= 4 is 5.65 Å². The maximum Gasteiger partial charge on any atom is 0.158 e. The Bertz CT molecular complexity index is 358. The summed E-state index contributed by atoms with van der Waals surface area (Å²) in [7, 11) is 0. The zero-order valence-corrected chi connectivity index (χ0v) is 7.10. The van der Waals surface area contributed by atoms with Gasteiger partial charge in [-0.15, -0.1) is 5.10 Å². The zero-order chi connectivity index (χ0) is 8.55. The van der Waals surface area contributed by atoms with Gasteiger partial charge in [-0.3, -0.25) is 4.40 Å². The van der Waals surface area contributed by atoms with E-state index in [0.717, 1.165) is 11.3 Å². The molecule has 4 nitrogen and oxygen atoms in total. The van der Waals surface area contributed by atoms with Gasteiger partial charge in [0.25, 0.3) is 0 Å². The van der Waals surface area contributed by atoms with Gasteiger partial charge in [-0.1, -0.05) is 13.8 Å². The molecule has 12 heavy (non-hydrogen) atoms. The van der Waals surface area contributed by atoms with Gasteiger partial charge < -0.3 is 0 Å². The molecule has 0 saturated heterocycles. The highest BCUT2D eigenvalue weighted by molar-refractivity contribution is 5.36. The van der Waals surface area contributed by atoms with Gasteiger partial charge in [0, 0.05) is 6.20 Å². The highest BCUT2D eigenvalue weighted by atomic mass is 15.2. The van der Waals surface area contributed by atoms with Crippen molar-refractivity contribution < 1.29 is 0 Å². The van der Waals surface area contributed by atoms with E-state index < -0.39 is 0 Å². The Morgan fingerprint density at radius 3 is 2.83 bits per heavy atom. The van der Waals surface area contributed by atoms with Crippen LogP contribution >= 0.6 is 0 Å². The third-order valence-electron chi connectivity index (χ3n) is 1.79. The smallest absolute Gasteiger partial charge is 0.158 e. The van der Waals surface area contributed by atoms with E-state index in [-0.39, 0.29) is 0 Å². The number of hydrogen-bond acceptors (Lipinski definition) is 3. The lowest BCUT2D eigenvalue weighted by Gasteiger charge is -1.94. The van der Waals surface area contributed by atoms with Crippen molar-refractivity contribution in [3.05, 3.63) is 24.4 Å². The molecule has 62 valence electrons. The molecule has 0 aliphatic heterocycles. The molecule has 0 amide bonds. The molecule has 0 saturated carbocycles. The summed E-state index contributed by atoms with van der Waals surface area (Å²) in [6.45, 7) is 4.23. The third kappa shape index (κ3) is 1.05. The van der Waals surface area contributed by atoms with Gasteiger partial charge in [0.1, 0.15) is 6.33 Å². The number of hydrogen-bond donors (Lipinski definition) is 0. The fraction of sp³-hybridized carbons (Fsp3) is 0.375. The van der Waals surface area contributed by atoms with Gasteiger partial charge in [-0.25, -0.2) is 4.98 Å². The van der Waals surface area contributed by atoms with Crippen molar-refractivity contribution in [2.45, 2.75) is 19.8 Å². The molecular weight excluding hydrogens is 152 g/mol. The summed E-state index contributed by atoms with van der Waals surface area (Å²) in [5.41, 5.74) is 1.93. The van der Waals surface area contributed by atoms with Crippen LogP contribution in [0.25, 0.3) is 5.65 Å². The second kappa shape index (κ2) is 2.55. The predicted octanol–water partition coefficient (Wildman–Crippen LogP) is 1.25. The zero-order valence-electron chi connectivity index (χ0n) is 7.10. The van der Waals surface area contributed by atoms with Gasteiger partial charge in [0.15, 0.2) is 5.65 Å². The van der Waals surface area contributed by atoms with Crippen molar-refractivity contribution in [2.75, 3.05) is 0 Å². The quantitative estimate of drug-likeness (QED) is 0.633. The van der Waals surface area contributed by atoms with E-state index >= 15 is 0 Å². The second-order valence-electron chi connectivity index (χ2n) is 3.06. The van der Waals surface area contributed by atoms with Crippen molar-refractivity contribution in [2.24, 2.45) is 0 Å². The molecule has 2 aromatic rings. The van der Waals surface area contributed by atoms with Gasteiger partial charge in [0.2, 0.25) is 0 Å². The standard InChI is InChI=1S/C8H10N4/c1-6(2)7-4-12-5-10-9-3-8(12)11-7/h3-6H,1-2H3. The van der Waals surface area contributed by atoms with E-state index in [9.17, 15) is 0 Å². The minimum absolute atomic E-state index is 0.449. The molecule has 0 bridgehead atoms. The van der Waals surface area contributed by atoms with E-state index in [1.165, 1.54) is 0 Å². The summed E-state index contributed by atoms with van der Waals surface area (Å²) >= 11 is 0. The van der Waals surface area contributed by atoms with Gasteiger partial charge in [-0.2, -0.15) is 5.10 Å². The first-order chi connectivity index (χ1) is 5.77. The summed E-state index contributed by atoms with van der Waals surface area (Å²) in [4.78, 5) is 4.37. The summed E-state index contributed by atoms with van der Waals surface area (Å²) < 4.78 is 1.88. The average molecular weight is 162 g/mol. The molecule has 0 N–H and O–H groups in total. The molecule has 0 radical (unpaired) electrons. The lowest BCUT2D eigenvalue weighted by molar-refractivity contribution is 0.833. The van der Waals surface area contributed by atoms with Gasteiger partial charge in [-0.05, 0) is 5.92 Å². The molecule has 2 aromatic heterocycles. The van der Waals surface area contributed by atoms with Crippen molar-refractivity contribution in [1.82, 2.24) is 19.6 Å². The normalized spacial score (nSPS) is 11.2. The predicted molar refractivity (Wildman–Crippen MR) is 44.9 cm³/mol. The Labute approximate surface area is 70.3 Å². The Morgan fingerprint density at radius 2 is 2.17 bits per heavy atom. The van der Waals surface area contributed by atoms with Crippen molar-refractivity contribution in [3.63, 3.8) is 0 Å². The molecule has 0 aromatic carbocycles. The number of imidazole rings is 1. The van der Waals surface area contributed by atoms with Crippen molar-refractivity contribution in [3.8, 4) is 0 Å². The Balaban J connectivity index is 2.62. The van der Waals surface area contributed by atoms with Crippen LogP contribution in [0.3, 0.4) is 0 Å². The highest BCUT2D eigenvalue weighted by Crippen LogP contribution is 2.12. The van der Waals surface area contributed by atoms with Crippen LogP contribution in [-0.4, -0.2) is 19.6 Å². The maximum atomic E-state index is 4.37. The minimum atomic E-state index is 0.449. The van der Waals surface area contributed by atoms with Crippen LogP contribution in [-0.2, 0) is 0 Å². The molecule has 0 aliphatic carbocycles. The number of nitrogens with zero attached hydrogens (tertiary/aromatic N) is 4. The average Bonchev–Trinajstić information content (AvgIpc) is 2.46. The van der Waals surface area contributed by atoms with Crippen molar-refractivity contribution in [1.29, 1.82) is 0 Å². The number of fused-ring (bicyclic) bond motifs is 1. The van der Waals surface area contributed by atoms with Crippen LogP contribution in [0, 0.1) is 0 Å². The third-order valence-corrected chi connectivity index (χ3v) is 1.79. The highest BCUT2D eigenvalue weighted by Gasteiger charge is 2.04. The van der Waals surface area contributed by atoms with Crippen LogP contribution in [0.5, 0.6) is 0 Å². The van der Waals surface area contributed by atoms with Gasteiger partial charge >= 0.3 is 0 Å². The van der Waals surface area contributed by atoms with E-state index in [2.05, 4.69) is 29.0 Å². The minimum Gasteiger partial charge on any atom is -0.287 e. The Morgan fingerprint density at radius 1 is 1.33 bits per heavy atom. The molecular formula is C8H10N4. The van der Waals surface area contributed by atoms with Crippen LogP contribution in [0.15, 0.2) is 18.7 Å². The molecule has 0 atom stereocenters. The fourth-order valence-electron chi connectivity index (χ4n) is 1.06.